The smallest absolute Gasteiger partial charge is 0.240 e. The summed E-state index contributed by atoms with van der Waals surface area (Å²) in [6.07, 6.45) is 1.93. The number of rotatable bonds is 5. The van der Waals surface area contributed by atoms with Crippen LogP contribution in [0.4, 0.5) is 5.69 Å². The highest BCUT2D eigenvalue weighted by Gasteiger charge is 2.58. The fourth-order valence-electron chi connectivity index (χ4n) is 3.91. The van der Waals surface area contributed by atoms with E-state index in [1.807, 2.05) is 43.3 Å². The molecule has 1 aliphatic carbocycles. The zero-order valence-corrected chi connectivity index (χ0v) is 17.1. The first kappa shape index (κ1) is 19.3. The van der Waals surface area contributed by atoms with E-state index in [1.54, 1.807) is 19.1 Å². The highest BCUT2D eigenvalue weighted by Crippen LogP contribution is 2.49. The molecule has 6 heteroatoms. The standard InChI is InChI=1S/C23H26N2O4/c1-15-4-6-18(7-5-15)24-21(26)23(9-10-23)22(27)25-11-8-16-12-19(28-2)20(29-3)13-17(16)14-25/h4-7,12-13H,8-11,14H2,1-3H3,(H,24,26). The van der Waals surface area contributed by atoms with Crippen molar-refractivity contribution in [2.45, 2.75) is 32.7 Å². The molecule has 2 amide bonds. The van der Waals surface area contributed by atoms with Gasteiger partial charge in [-0.15, -0.1) is 0 Å². The van der Waals surface area contributed by atoms with Crippen LogP contribution in [0.5, 0.6) is 11.5 Å². The Morgan fingerprint density at radius 1 is 1.00 bits per heavy atom. The van der Waals surface area contributed by atoms with Crippen LogP contribution >= 0.6 is 0 Å². The second kappa shape index (κ2) is 7.43. The van der Waals surface area contributed by atoms with Crippen molar-refractivity contribution >= 4 is 17.5 Å². The van der Waals surface area contributed by atoms with E-state index in [9.17, 15) is 9.59 Å². The van der Waals surface area contributed by atoms with Crippen molar-refractivity contribution in [3.05, 3.63) is 53.1 Å². The molecule has 0 aromatic heterocycles. The molecule has 1 fully saturated rings. The number of aryl methyl sites for hydroxylation is 1. The zero-order chi connectivity index (χ0) is 20.6. The van der Waals surface area contributed by atoms with E-state index >= 15 is 0 Å². The van der Waals surface area contributed by atoms with Gasteiger partial charge in [0, 0.05) is 18.8 Å². The SMILES string of the molecule is COc1cc2c(cc1OC)CN(C(=O)C1(C(=O)Nc3ccc(C)cc3)CC1)CC2. The molecule has 0 radical (unpaired) electrons. The predicted molar refractivity (Wildman–Crippen MR) is 110 cm³/mol. The Kier molecular flexibility index (Phi) is 4.94. The number of amides is 2. The van der Waals surface area contributed by atoms with Gasteiger partial charge in [0.05, 0.1) is 14.2 Å². The van der Waals surface area contributed by atoms with E-state index < -0.39 is 5.41 Å². The summed E-state index contributed by atoms with van der Waals surface area (Å²) < 4.78 is 10.8. The minimum Gasteiger partial charge on any atom is -0.493 e. The lowest BCUT2D eigenvalue weighted by atomic mass is 9.96. The van der Waals surface area contributed by atoms with Crippen molar-refractivity contribution in [2.24, 2.45) is 5.41 Å². The van der Waals surface area contributed by atoms with E-state index in [0.29, 0.717) is 37.4 Å². The number of anilines is 1. The first-order chi connectivity index (χ1) is 14.0. The fraction of sp³-hybridized carbons (Fsp3) is 0.391. The third kappa shape index (κ3) is 3.55. The van der Waals surface area contributed by atoms with Gasteiger partial charge < -0.3 is 19.7 Å². The van der Waals surface area contributed by atoms with Gasteiger partial charge in [-0.1, -0.05) is 17.7 Å². The van der Waals surface area contributed by atoms with Gasteiger partial charge in [0.1, 0.15) is 5.41 Å². The molecule has 2 aromatic rings. The van der Waals surface area contributed by atoms with Crippen LogP contribution in [0.1, 0.15) is 29.5 Å². The molecule has 0 bridgehead atoms. The van der Waals surface area contributed by atoms with E-state index in [-0.39, 0.29) is 11.8 Å². The largest absolute Gasteiger partial charge is 0.493 e. The number of nitrogens with one attached hydrogen (secondary N) is 1. The Morgan fingerprint density at radius 3 is 2.21 bits per heavy atom. The number of nitrogens with zero attached hydrogens (tertiary/aromatic N) is 1. The van der Waals surface area contributed by atoms with Gasteiger partial charge in [-0.3, -0.25) is 9.59 Å². The Bertz CT molecular complexity index is 948. The summed E-state index contributed by atoms with van der Waals surface area (Å²) in [5.41, 5.74) is 3.11. The van der Waals surface area contributed by atoms with Gasteiger partial charge in [0.15, 0.2) is 11.5 Å². The summed E-state index contributed by atoms with van der Waals surface area (Å²) in [6.45, 7) is 3.07. The molecule has 4 rings (SSSR count). The van der Waals surface area contributed by atoms with Crippen LogP contribution in [0.15, 0.2) is 36.4 Å². The Balaban J connectivity index is 1.50. The minimum absolute atomic E-state index is 0.0810. The third-order valence-electron chi connectivity index (χ3n) is 5.91. The van der Waals surface area contributed by atoms with Gasteiger partial charge in [-0.2, -0.15) is 0 Å². The number of ether oxygens (including phenoxy) is 2. The lowest BCUT2D eigenvalue weighted by molar-refractivity contribution is -0.143. The maximum Gasteiger partial charge on any atom is 0.240 e. The molecule has 1 N–H and O–H groups in total. The predicted octanol–water partition coefficient (Wildman–Crippen LogP) is 3.32. The molecule has 0 atom stereocenters. The summed E-state index contributed by atoms with van der Waals surface area (Å²) in [5, 5.41) is 2.92. The number of hydrogen-bond donors (Lipinski definition) is 1. The van der Waals surface area contributed by atoms with Gasteiger partial charge in [-0.25, -0.2) is 0 Å². The number of benzene rings is 2. The lowest BCUT2D eigenvalue weighted by Crippen LogP contribution is -2.45. The van der Waals surface area contributed by atoms with Crippen LogP contribution in [-0.4, -0.2) is 37.5 Å². The van der Waals surface area contributed by atoms with E-state index in [4.69, 9.17) is 9.47 Å². The second-order valence-electron chi connectivity index (χ2n) is 7.85. The summed E-state index contributed by atoms with van der Waals surface area (Å²) in [7, 11) is 3.22. The number of carbonyl (C=O) groups excluding carboxylic acids is 2. The number of methoxy groups -OCH3 is 2. The fourth-order valence-corrected chi connectivity index (χ4v) is 3.91. The summed E-state index contributed by atoms with van der Waals surface area (Å²) in [6, 6.07) is 11.5. The van der Waals surface area contributed by atoms with Crippen molar-refractivity contribution in [3.63, 3.8) is 0 Å². The van der Waals surface area contributed by atoms with Gasteiger partial charge >= 0.3 is 0 Å². The van der Waals surface area contributed by atoms with E-state index in [0.717, 1.165) is 28.8 Å². The Hall–Kier alpha value is -3.02. The van der Waals surface area contributed by atoms with Crippen molar-refractivity contribution in [1.82, 2.24) is 4.90 Å². The maximum atomic E-state index is 13.3. The first-order valence-corrected chi connectivity index (χ1v) is 9.88. The van der Waals surface area contributed by atoms with Crippen molar-refractivity contribution in [2.75, 3.05) is 26.1 Å². The maximum absolute atomic E-state index is 13.3. The van der Waals surface area contributed by atoms with Crippen LogP contribution < -0.4 is 14.8 Å². The van der Waals surface area contributed by atoms with Gasteiger partial charge in [-0.05, 0) is 61.6 Å². The van der Waals surface area contributed by atoms with Crippen LogP contribution in [0.25, 0.3) is 0 Å². The average molecular weight is 394 g/mol. The molecule has 2 aromatic carbocycles. The number of carbonyl (C=O) groups is 2. The van der Waals surface area contributed by atoms with Crippen LogP contribution in [-0.2, 0) is 22.6 Å². The van der Waals surface area contributed by atoms with Crippen LogP contribution in [0, 0.1) is 12.3 Å². The Morgan fingerprint density at radius 2 is 1.62 bits per heavy atom. The topological polar surface area (TPSA) is 67.9 Å². The molecule has 0 spiro atoms. The van der Waals surface area contributed by atoms with E-state index in [1.165, 1.54) is 0 Å². The first-order valence-electron chi connectivity index (χ1n) is 9.88. The molecular weight excluding hydrogens is 368 g/mol. The van der Waals surface area contributed by atoms with Gasteiger partial charge in [0.2, 0.25) is 11.8 Å². The minimum atomic E-state index is -0.932. The third-order valence-corrected chi connectivity index (χ3v) is 5.91. The quantitative estimate of drug-likeness (QED) is 0.790. The van der Waals surface area contributed by atoms with Crippen molar-refractivity contribution in [3.8, 4) is 11.5 Å². The molecule has 2 aliphatic rings. The summed E-state index contributed by atoms with van der Waals surface area (Å²) in [4.78, 5) is 28.0. The average Bonchev–Trinajstić information content (AvgIpc) is 3.55. The molecule has 152 valence electrons. The lowest BCUT2D eigenvalue weighted by Gasteiger charge is -2.32. The highest BCUT2D eigenvalue weighted by molar-refractivity contribution is 6.13. The summed E-state index contributed by atoms with van der Waals surface area (Å²) >= 11 is 0. The summed E-state index contributed by atoms with van der Waals surface area (Å²) in [5.74, 6) is 1.06. The monoisotopic (exact) mass is 394 g/mol. The van der Waals surface area contributed by atoms with E-state index in [2.05, 4.69) is 5.32 Å². The molecule has 0 saturated heterocycles. The normalized spacial score (nSPS) is 16.6. The van der Waals surface area contributed by atoms with Crippen LogP contribution in [0.3, 0.4) is 0 Å². The molecule has 1 heterocycles. The molecule has 6 nitrogen and oxygen atoms in total. The second-order valence-corrected chi connectivity index (χ2v) is 7.85. The molecule has 1 aliphatic heterocycles. The van der Waals surface area contributed by atoms with Crippen molar-refractivity contribution in [1.29, 1.82) is 0 Å². The number of hydrogen-bond acceptors (Lipinski definition) is 4. The molecule has 29 heavy (non-hydrogen) atoms. The molecule has 0 unspecified atom stereocenters. The van der Waals surface area contributed by atoms with Crippen molar-refractivity contribution < 1.29 is 19.1 Å². The zero-order valence-electron chi connectivity index (χ0n) is 17.1. The molecular formula is C23H26N2O4. The highest BCUT2D eigenvalue weighted by atomic mass is 16.5. The van der Waals surface area contributed by atoms with Gasteiger partial charge in [0.25, 0.3) is 0 Å². The number of fused-ring (bicyclic) bond motifs is 1. The molecule has 1 saturated carbocycles. The Labute approximate surface area is 170 Å². The van der Waals surface area contributed by atoms with Crippen LogP contribution in [0.2, 0.25) is 0 Å².